The number of fused-ring (bicyclic) bond motifs is 2. The summed E-state index contributed by atoms with van der Waals surface area (Å²) in [7, 11) is 1.75. The van der Waals surface area contributed by atoms with Gasteiger partial charge in [0.2, 0.25) is 5.91 Å². The van der Waals surface area contributed by atoms with Crippen LogP contribution in [-0.2, 0) is 24.7 Å². The van der Waals surface area contributed by atoms with Crippen LogP contribution in [-0.4, -0.2) is 31.9 Å². The van der Waals surface area contributed by atoms with Gasteiger partial charge >= 0.3 is 0 Å². The van der Waals surface area contributed by atoms with Gasteiger partial charge in [0, 0.05) is 26.4 Å². The second kappa shape index (κ2) is 7.61. The Morgan fingerprint density at radius 1 is 1.23 bits per heavy atom. The third-order valence-electron chi connectivity index (χ3n) is 6.60. The van der Waals surface area contributed by atoms with Crippen LogP contribution in [0, 0.1) is 0 Å². The van der Waals surface area contributed by atoms with Crippen LogP contribution in [0.1, 0.15) is 66.5 Å². The molecule has 5 rings (SSSR count). The molecule has 2 aromatic heterocycles. The predicted molar refractivity (Wildman–Crippen MR) is 118 cm³/mol. The monoisotopic (exact) mass is 422 g/mol. The summed E-state index contributed by atoms with van der Waals surface area (Å²) in [5, 5.41) is 0.848. The summed E-state index contributed by atoms with van der Waals surface area (Å²) in [6.45, 7) is 2.76. The number of likely N-dealkylation sites (tertiary alicyclic amines) is 1. The summed E-state index contributed by atoms with van der Waals surface area (Å²) in [5.74, 6) is 1.28. The largest absolute Gasteiger partial charge is 0.333 e. The first kappa shape index (κ1) is 19.4. The normalized spacial score (nSPS) is 20.8. The molecular weight excluding hydrogens is 396 g/mol. The van der Waals surface area contributed by atoms with E-state index >= 15 is 0 Å². The van der Waals surface area contributed by atoms with Crippen LogP contribution in [0.5, 0.6) is 0 Å². The lowest BCUT2D eigenvalue weighted by atomic mass is 9.97. The van der Waals surface area contributed by atoms with Crippen molar-refractivity contribution in [3.8, 4) is 0 Å². The van der Waals surface area contributed by atoms with E-state index in [-0.39, 0.29) is 17.5 Å². The SMILES string of the molecule is CCc1nc2sc([C@H]3CCCN3C(=O)C[C@@H]3CCc4ccccc43)nc2c(=O)n1C. The molecule has 1 amide bonds. The van der Waals surface area contributed by atoms with E-state index in [0.717, 1.165) is 43.1 Å². The average Bonchev–Trinajstić information content (AvgIpc) is 3.48. The van der Waals surface area contributed by atoms with Gasteiger partial charge in [-0.3, -0.25) is 14.2 Å². The van der Waals surface area contributed by atoms with E-state index in [1.54, 1.807) is 11.6 Å². The van der Waals surface area contributed by atoms with E-state index < -0.39 is 0 Å². The highest BCUT2D eigenvalue weighted by molar-refractivity contribution is 7.18. The van der Waals surface area contributed by atoms with Crippen LogP contribution in [0.25, 0.3) is 10.3 Å². The lowest BCUT2D eigenvalue weighted by molar-refractivity contribution is -0.132. The van der Waals surface area contributed by atoms with Gasteiger partial charge in [0.15, 0.2) is 10.3 Å². The second-order valence-electron chi connectivity index (χ2n) is 8.34. The highest BCUT2D eigenvalue weighted by atomic mass is 32.1. The molecule has 3 aromatic rings. The third-order valence-corrected chi connectivity index (χ3v) is 7.65. The average molecular weight is 423 g/mol. The zero-order valence-electron chi connectivity index (χ0n) is 17.4. The van der Waals surface area contributed by atoms with E-state index in [4.69, 9.17) is 0 Å². The van der Waals surface area contributed by atoms with Gasteiger partial charge in [-0.15, -0.1) is 0 Å². The maximum atomic E-state index is 13.3. The summed E-state index contributed by atoms with van der Waals surface area (Å²) in [4.78, 5) is 37.9. The molecule has 0 spiro atoms. The molecule has 2 atom stereocenters. The Morgan fingerprint density at radius 2 is 2.07 bits per heavy atom. The number of aromatic nitrogens is 3. The summed E-state index contributed by atoms with van der Waals surface area (Å²) < 4.78 is 1.58. The molecule has 0 N–H and O–H groups in total. The Hall–Kier alpha value is -2.54. The molecular formula is C23H26N4O2S. The summed E-state index contributed by atoms with van der Waals surface area (Å²) >= 11 is 1.47. The van der Waals surface area contributed by atoms with E-state index in [0.29, 0.717) is 29.1 Å². The third kappa shape index (κ3) is 3.16. The Bertz CT molecular complexity index is 1180. The highest BCUT2D eigenvalue weighted by Gasteiger charge is 2.35. The lowest BCUT2D eigenvalue weighted by Crippen LogP contribution is -2.31. The van der Waals surface area contributed by atoms with Crippen molar-refractivity contribution < 1.29 is 4.79 Å². The molecule has 7 heteroatoms. The molecule has 156 valence electrons. The molecule has 0 bridgehead atoms. The van der Waals surface area contributed by atoms with Crippen molar-refractivity contribution in [2.45, 2.75) is 57.4 Å². The molecule has 3 heterocycles. The van der Waals surface area contributed by atoms with Crippen molar-refractivity contribution in [2.24, 2.45) is 7.05 Å². The summed E-state index contributed by atoms with van der Waals surface area (Å²) in [5.41, 5.74) is 3.05. The quantitative estimate of drug-likeness (QED) is 0.642. The summed E-state index contributed by atoms with van der Waals surface area (Å²) in [6, 6.07) is 8.46. The first-order valence-electron chi connectivity index (χ1n) is 10.8. The minimum Gasteiger partial charge on any atom is -0.333 e. The molecule has 1 aromatic carbocycles. The molecule has 30 heavy (non-hydrogen) atoms. The van der Waals surface area contributed by atoms with Crippen molar-refractivity contribution >= 4 is 27.6 Å². The van der Waals surface area contributed by atoms with Crippen LogP contribution < -0.4 is 5.56 Å². The zero-order valence-corrected chi connectivity index (χ0v) is 18.2. The molecule has 0 unspecified atom stereocenters. The Labute approximate surface area is 179 Å². The van der Waals surface area contributed by atoms with Crippen LogP contribution in [0.4, 0.5) is 0 Å². The van der Waals surface area contributed by atoms with Gasteiger partial charge in [0.25, 0.3) is 5.56 Å². The molecule has 6 nitrogen and oxygen atoms in total. The van der Waals surface area contributed by atoms with Gasteiger partial charge in [-0.2, -0.15) is 0 Å². The van der Waals surface area contributed by atoms with Crippen LogP contribution >= 0.6 is 11.3 Å². The fourth-order valence-electron chi connectivity index (χ4n) is 4.98. The molecule has 1 fully saturated rings. The fraction of sp³-hybridized carbons (Fsp3) is 0.478. The second-order valence-corrected chi connectivity index (χ2v) is 9.34. The maximum absolute atomic E-state index is 13.3. The van der Waals surface area contributed by atoms with E-state index in [1.807, 2.05) is 11.8 Å². The van der Waals surface area contributed by atoms with Crippen molar-refractivity contribution in [2.75, 3.05) is 6.54 Å². The molecule has 0 radical (unpaired) electrons. The van der Waals surface area contributed by atoms with Crippen molar-refractivity contribution in [1.29, 1.82) is 0 Å². The van der Waals surface area contributed by atoms with Gasteiger partial charge in [0.05, 0.1) is 6.04 Å². The smallest absolute Gasteiger partial charge is 0.280 e. The predicted octanol–water partition coefficient (Wildman–Crippen LogP) is 3.74. The number of hydrogen-bond acceptors (Lipinski definition) is 5. The standard InChI is InChI=1S/C23H26N4O2S/c1-3-18-24-22-20(23(29)26(18)2)25-21(30-22)17-9-6-12-27(17)19(28)13-15-11-10-14-7-4-5-8-16(14)15/h4-5,7-8,15,17H,3,6,9-13H2,1-2H3/t15-,17+/m0/s1. The highest BCUT2D eigenvalue weighted by Crippen LogP contribution is 2.39. The number of rotatable bonds is 4. The van der Waals surface area contributed by atoms with Gasteiger partial charge in [-0.25, -0.2) is 9.97 Å². The first-order valence-corrected chi connectivity index (χ1v) is 11.6. The number of aryl methyl sites for hydroxylation is 2. The first-order chi connectivity index (χ1) is 14.6. The molecule has 1 saturated heterocycles. The van der Waals surface area contributed by atoms with Gasteiger partial charge in [0.1, 0.15) is 10.8 Å². The zero-order chi connectivity index (χ0) is 20.8. The van der Waals surface area contributed by atoms with Gasteiger partial charge in [-0.05, 0) is 42.7 Å². The Balaban J connectivity index is 1.41. The number of carbonyl (C=O) groups is 1. The minimum absolute atomic E-state index is 0.0388. The van der Waals surface area contributed by atoms with Crippen molar-refractivity contribution in [1.82, 2.24) is 19.4 Å². The topological polar surface area (TPSA) is 68.1 Å². The summed E-state index contributed by atoms with van der Waals surface area (Å²) in [6.07, 6.45) is 5.23. The molecule has 1 aliphatic heterocycles. The van der Waals surface area contributed by atoms with E-state index in [1.165, 1.54) is 22.5 Å². The Morgan fingerprint density at radius 3 is 2.90 bits per heavy atom. The Kier molecular flexibility index (Phi) is 4.93. The number of hydrogen-bond donors (Lipinski definition) is 0. The number of amides is 1. The minimum atomic E-state index is -0.0993. The van der Waals surface area contributed by atoms with Gasteiger partial charge < -0.3 is 4.90 Å². The van der Waals surface area contributed by atoms with Gasteiger partial charge in [-0.1, -0.05) is 42.5 Å². The van der Waals surface area contributed by atoms with Crippen molar-refractivity contribution in [3.05, 3.63) is 56.6 Å². The van der Waals surface area contributed by atoms with Crippen molar-refractivity contribution in [3.63, 3.8) is 0 Å². The number of thiazole rings is 1. The number of benzene rings is 1. The van der Waals surface area contributed by atoms with Crippen LogP contribution in [0.15, 0.2) is 29.1 Å². The van der Waals surface area contributed by atoms with E-state index in [2.05, 4.69) is 34.2 Å². The fourth-order valence-corrected chi connectivity index (χ4v) is 6.07. The molecule has 0 saturated carbocycles. The lowest BCUT2D eigenvalue weighted by Gasteiger charge is -2.24. The van der Waals surface area contributed by atoms with Crippen LogP contribution in [0.2, 0.25) is 0 Å². The number of carbonyl (C=O) groups excluding carboxylic acids is 1. The molecule has 2 aliphatic rings. The maximum Gasteiger partial charge on any atom is 0.280 e. The van der Waals surface area contributed by atoms with Crippen LogP contribution in [0.3, 0.4) is 0 Å². The van der Waals surface area contributed by atoms with E-state index in [9.17, 15) is 9.59 Å². The molecule has 1 aliphatic carbocycles. The number of nitrogens with zero attached hydrogens (tertiary/aromatic N) is 4.